The van der Waals surface area contributed by atoms with E-state index in [-0.39, 0.29) is 17.8 Å². The van der Waals surface area contributed by atoms with Crippen LogP contribution in [0.5, 0.6) is 11.5 Å². The summed E-state index contributed by atoms with van der Waals surface area (Å²) in [6.45, 7) is 2.02. The lowest BCUT2D eigenvalue weighted by atomic mass is 9.95. The third kappa shape index (κ3) is 3.56. The zero-order chi connectivity index (χ0) is 18.8. The van der Waals surface area contributed by atoms with Crippen LogP contribution < -0.4 is 9.64 Å². The monoisotopic (exact) mass is 361 g/mol. The smallest absolute Gasteiger partial charge is 0.258 e. The van der Waals surface area contributed by atoms with Gasteiger partial charge in [0.15, 0.2) is 0 Å². The van der Waals surface area contributed by atoms with Crippen LogP contribution in [0.15, 0.2) is 72.8 Å². The van der Waals surface area contributed by atoms with E-state index in [2.05, 4.69) is 0 Å². The van der Waals surface area contributed by atoms with Crippen molar-refractivity contribution in [2.75, 3.05) is 4.90 Å². The molecule has 27 heavy (non-hydrogen) atoms. The van der Waals surface area contributed by atoms with E-state index in [1.165, 1.54) is 12.1 Å². The molecule has 3 nitrogen and oxygen atoms in total. The molecule has 1 aliphatic rings. The second-order valence-corrected chi connectivity index (χ2v) is 6.78. The second kappa shape index (κ2) is 7.23. The molecule has 0 fully saturated rings. The molecule has 0 bridgehead atoms. The maximum Gasteiger partial charge on any atom is 0.258 e. The van der Waals surface area contributed by atoms with Gasteiger partial charge in [-0.3, -0.25) is 4.79 Å². The molecule has 136 valence electrons. The highest BCUT2D eigenvalue weighted by Crippen LogP contribution is 2.33. The van der Waals surface area contributed by atoms with Gasteiger partial charge in [-0.05, 0) is 79.9 Å². The van der Waals surface area contributed by atoms with Crippen LogP contribution in [-0.4, -0.2) is 11.9 Å². The van der Waals surface area contributed by atoms with Crippen molar-refractivity contribution in [1.82, 2.24) is 0 Å². The van der Waals surface area contributed by atoms with E-state index in [4.69, 9.17) is 4.74 Å². The highest BCUT2D eigenvalue weighted by atomic mass is 19.1. The highest BCUT2D eigenvalue weighted by molar-refractivity contribution is 6.07. The summed E-state index contributed by atoms with van der Waals surface area (Å²) in [4.78, 5) is 14.9. The molecule has 0 aromatic heterocycles. The van der Waals surface area contributed by atoms with Crippen molar-refractivity contribution in [3.05, 3.63) is 89.7 Å². The number of aryl methyl sites for hydroxylation is 1. The van der Waals surface area contributed by atoms with E-state index in [0.29, 0.717) is 11.3 Å². The fraction of sp³-hybridized carbons (Fsp3) is 0.174. The largest absolute Gasteiger partial charge is 0.457 e. The van der Waals surface area contributed by atoms with Gasteiger partial charge in [0, 0.05) is 17.3 Å². The number of benzene rings is 3. The van der Waals surface area contributed by atoms with Crippen LogP contribution in [-0.2, 0) is 6.42 Å². The molecule has 1 heterocycles. The number of nitrogens with zero attached hydrogens (tertiary/aromatic N) is 1. The van der Waals surface area contributed by atoms with E-state index < -0.39 is 0 Å². The SMILES string of the molecule is C[C@@H]1CCc2cc(F)ccc2N1C(=O)c1ccc(Oc2ccccc2)cc1. The van der Waals surface area contributed by atoms with Gasteiger partial charge in [0.25, 0.3) is 5.91 Å². The van der Waals surface area contributed by atoms with Crippen LogP contribution in [0.3, 0.4) is 0 Å². The minimum atomic E-state index is -0.266. The topological polar surface area (TPSA) is 29.5 Å². The minimum absolute atomic E-state index is 0.0655. The summed E-state index contributed by atoms with van der Waals surface area (Å²) < 4.78 is 19.3. The summed E-state index contributed by atoms with van der Waals surface area (Å²) >= 11 is 0. The van der Waals surface area contributed by atoms with E-state index in [1.807, 2.05) is 37.3 Å². The van der Waals surface area contributed by atoms with Crippen molar-refractivity contribution in [1.29, 1.82) is 0 Å². The van der Waals surface area contributed by atoms with E-state index >= 15 is 0 Å². The van der Waals surface area contributed by atoms with Gasteiger partial charge in [-0.15, -0.1) is 0 Å². The maximum absolute atomic E-state index is 13.5. The maximum atomic E-state index is 13.5. The van der Waals surface area contributed by atoms with E-state index in [0.717, 1.165) is 29.8 Å². The Kier molecular flexibility index (Phi) is 4.63. The molecule has 1 amide bonds. The zero-order valence-electron chi connectivity index (χ0n) is 15.1. The van der Waals surface area contributed by atoms with E-state index in [1.54, 1.807) is 35.2 Å². The van der Waals surface area contributed by atoms with Crippen molar-refractivity contribution < 1.29 is 13.9 Å². The van der Waals surface area contributed by atoms with Gasteiger partial charge in [0.05, 0.1) is 0 Å². The Morgan fingerprint density at radius 1 is 1.00 bits per heavy atom. The summed E-state index contributed by atoms with van der Waals surface area (Å²) in [6.07, 6.45) is 1.60. The van der Waals surface area contributed by atoms with Gasteiger partial charge in [-0.25, -0.2) is 4.39 Å². The predicted molar refractivity (Wildman–Crippen MR) is 104 cm³/mol. The Morgan fingerprint density at radius 3 is 2.44 bits per heavy atom. The lowest BCUT2D eigenvalue weighted by Crippen LogP contribution is -2.42. The molecule has 4 rings (SSSR count). The molecule has 0 spiro atoms. The first kappa shape index (κ1) is 17.3. The molecule has 0 saturated carbocycles. The predicted octanol–water partition coefficient (Wildman–Crippen LogP) is 5.60. The summed E-state index contributed by atoms with van der Waals surface area (Å²) in [5.41, 5.74) is 2.26. The number of carbonyl (C=O) groups excluding carboxylic acids is 1. The quantitative estimate of drug-likeness (QED) is 0.608. The third-order valence-corrected chi connectivity index (χ3v) is 4.87. The Hall–Kier alpha value is -3.14. The van der Waals surface area contributed by atoms with Crippen LogP contribution in [0.1, 0.15) is 29.3 Å². The van der Waals surface area contributed by atoms with Crippen molar-refractivity contribution in [2.45, 2.75) is 25.8 Å². The Bertz CT molecular complexity index is 954. The number of hydrogen-bond acceptors (Lipinski definition) is 2. The molecule has 4 heteroatoms. The summed E-state index contributed by atoms with van der Waals surface area (Å²) in [5.74, 6) is 1.07. The van der Waals surface area contributed by atoms with Gasteiger partial charge < -0.3 is 9.64 Å². The van der Waals surface area contributed by atoms with E-state index in [9.17, 15) is 9.18 Å². The van der Waals surface area contributed by atoms with Gasteiger partial charge in [-0.2, -0.15) is 0 Å². The molecule has 0 saturated heterocycles. The Balaban J connectivity index is 1.58. The van der Waals surface area contributed by atoms with Crippen molar-refractivity contribution in [3.8, 4) is 11.5 Å². The summed E-state index contributed by atoms with van der Waals surface area (Å²) in [7, 11) is 0. The Labute approximate surface area is 158 Å². The second-order valence-electron chi connectivity index (χ2n) is 6.78. The number of anilines is 1. The third-order valence-electron chi connectivity index (χ3n) is 4.87. The van der Waals surface area contributed by atoms with Crippen LogP contribution >= 0.6 is 0 Å². The molecular weight excluding hydrogens is 341 g/mol. The van der Waals surface area contributed by atoms with Crippen molar-refractivity contribution in [2.24, 2.45) is 0 Å². The van der Waals surface area contributed by atoms with Gasteiger partial charge in [0.2, 0.25) is 0 Å². The van der Waals surface area contributed by atoms with Gasteiger partial charge in [0.1, 0.15) is 17.3 Å². The average Bonchev–Trinajstić information content (AvgIpc) is 2.69. The first-order chi connectivity index (χ1) is 13.1. The molecule has 0 unspecified atom stereocenters. The number of para-hydroxylation sites is 1. The minimum Gasteiger partial charge on any atom is -0.457 e. The number of fused-ring (bicyclic) bond motifs is 1. The van der Waals surface area contributed by atoms with Gasteiger partial charge in [-0.1, -0.05) is 18.2 Å². The lowest BCUT2D eigenvalue weighted by molar-refractivity contribution is 0.0975. The average molecular weight is 361 g/mol. The fourth-order valence-electron chi connectivity index (χ4n) is 3.46. The molecule has 3 aromatic rings. The van der Waals surface area contributed by atoms with Crippen molar-refractivity contribution >= 4 is 11.6 Å². The van der Waals surface area contributed by atoms with Crippen molar-refractivity contribution in [3.63, 3.8) is 0 Å². The zero-order valence-corrected chi connectivity index (χ0v) is 15.1. The molecule has 3 aromatic carbocycles. The highest BCUT2D eigenvalue weighted by Gasteiger charge is 2.29. The van der Waals surface area contributed by atoms with Gasteiger partial charge >= 0.3 is 0 Å². The molecule has 1 atom stereocenters. The first-order valence-electron chi connectivity index (χ1n) is 9.07. The van der Waals surface area contributed by atoms with Crippen LogP contribution in [0.2, 0.25) is 0 Å². The number of ether oxygens (including phenoxy) is 1. The lowest BCUT2D eigenvalue weighted by Gasteiger charge is -2.35. The Morgan fingerprint density at radius 2 is 1.70 bits per heavy atom. The first-order valence-corrected chi connectivity index (χ1v) is 9.07. The fourth-order valence-corrected chi connectivity index (χ4v) is 3.46. The molecule has 0 radical (unpaired) electrons. The van der Waals surface area contributed by atoms with Crippen LogP contribution in [0, 0.1) is 5.82 Å². The van der Waals surface area contributed by atoms with Crippen LogP contribution in [0.4, 0.5) is 10.1 Å². The summed E-state index contributed by atoms with van der Waals surface area (Å²) in [6, 6.07) is 21.3. The number of halogens is 1. The number of hydrogen-bond donors (Lipinski definition) is 0. The standard InChI is InChI=1S/C23H20FNO2/c1-16-7-8-18-15-19(24)11-14-22(18)25(16)23(26)17-9-12-21(13-10-17)27-20-5-3-2-4-6-20/h2-6,9-16H,7-8H2,1H3/t16-/m1/s1. The summed E-state index contributed by atoms with van der Waals surface area (Å²) in [5, 5.41) is 0. The molecule has 0 aliphatic carbocycles. The molecular formula is C23H20FNO2. The molecule has 1 aliphatic heterocycles. The normalized spacial score (nSPS) is 15.9. The number of rotatable bonds is 3. The number of amides is 1. The number of carbonyl (C=O) groups is 1. The van der Waals surface area contributed by atoms with Crippen LogP contribution in [0.25, 0.3) is 0 Å². The molecule has 0 N–H and O–H groups in total.